The summed E-state index contributed by atoms with van der Waals surface area (Å²) in [7, 11) is 1.59. The van der Waals surface area contributed by atoms with Crippen LogP contribution >= 0.6 is 11.6 Å². The quantitative estimate of drug-likeness (QED) is 0.855. The van der Waals surface area contributed by atoms with Gasteiger partial charge in [0.1, 0.15) is 0 Å². The minimum Gasteiger partial charge on any atom is -0.355 e. The Morgan fingerprint density at radius 1 is 1.09 bits per heavy atom. The molecule has 120 valence electrons. The van der Waals surface area contributed by atoms with E-state index in [-0.39, 0.29) is 11.8 Å². The van der Waals surface area contributed by atoms with E-state index in [2.05, 4.69) is 10.6 Å². The summed E-state index contributed by atoms with van der Waals surface area (Å²) in [4.78, 5) is 23.5. The molecule has 5 heteroatoms. The Kier molecular flexibility index (Phi) is 6.18. The lowest BCUT2D eigenvalue weighted by molar-refractivity contribution is -0.121. The third-order valence-electron chi connectivity index (χ3n) is 3.49. The molecule has 2 aromatic carbocycles. The van der Waals surface area contributed by atoms with Gasteiger partial charge in [-0.25, -0.2) is 0 Å². The average Bonchev–Trinajstić information content (AvgIpc) is 2.58. The molecule has 0 spiro atoms. The topological polar surface area (TPSA) is 58.2 Å². The van der Waals surface area contributed by atoms with Gasteiger partial charge >= 0.3 is 0 Å². The normalized spacial score (nSPS) is 10.2. The molecular weight excluding hydrogens is 312 g/mol. The van der Waals surface area contributed by atoms with Crippen LogP contribution < -0.4 is 10.6 Å². The highest BCUT2D eigenvalue weighted by molar-refractivity contribution is 6.31. The lowest BCUT2D eigenvalue weighted by atomic mass is 10.1. The third kappa shape index (κ3) is 5.11. The molecule has 0 aromatic heterocycles. The van der Waals surface area contributed by atoms with E-state index >= 15 is 0 Å². The van der Waals surface area contributed by atoms with Gasteiger partial charge in [-0.1, -0.05) is 41.9 Å². The lowest BCUT2D eigenvalue weighted by Crippen LogP contribution is -2.23. The van der Waals surface area contributed by atoms with Crippen LogP contribution in [0.3, 0.4) is 0 Å². The Balaban J connectivity index is 1.85. The molecule has 0 saturated carbocycles. The molecule has 2 rings (SSSR count). The van der Waals surface area contributed by atoms with Gasteiger partial charge < -0.3 is 10.6 Å². The van der Waals surface area contributed by atoms with Gasteiger partial charge in [0.2, 0.25) is 5.91 Å². The second-order valence-corrected chi connectivity index (χ2v) is 5.55. The molecule has 0 aliphatic rings. The van der Waals surface area contributed by atoms with Gasteiger partial charge in [0, 0.05) is 30.6 Å². The highest BCUT2D eigenvalue weighted by atomic mass is 35.5. The van der Waals surface area contributed by atoms with E-state index in [4.69, 9.17) is 11.6 Å². The van der Waals surface area contributed by atoms with E-state index in [1.165, 1.54) is 0 Å². The number of amides is 2. The number of carbonyl (C=O) groups excluding carboxylic acids is 2. The Labute approximate surface area is 140 Å². The van der Waals surface area contributed by atoms with Crippen molar-refractivity contribution in [3.63, 3.8) is 0 Å². The van der Waals surface area contributed by atoms with E-state index in [1.807, 2.05) is 30.3 Å². The second kappa shape index (κ2) is 8.34. The molecule has 0 aliphatic carbocycles. The predicted octanol–water partition coefficient (Wildman–Crippen LogP) is 2.95. The summed E-state index contributed by atoms with van der Waals surface area (Å²) in [5, 5.41) is 6.12. The van der Waals surface area contributed by atoms with Crippen LogP contribution in [-0.4, -0.2) is 18.9 Å². The summed E-state index contributed by atoms with van der Waals surface area (Å²) in [6.07, 6.45) is 0.975. The Morgan fingerprint density at radius 3 is 2.61 bits per heavy atom. The number of aryl methyl sites for hydroxylation is 1. The number of hydrogen-bond donors (Lipinski definition) is 2. The molecule has 0 aliphatic heterocycles. The SMILES string of the molecule is CNC(=O)c1cccc(CNC(=O)CCc2ccccc2Cl)c1. The number of benzene rings is 2. The first-order valence-corrected chi connectivity index (χ1v) is 7.79. The second-order valence-electron chi connectivity index (χ2n) is 5.15. The van der Waals surface area contributed by atoms with Gasteiger partial charge in [0.25, 0.3) is 5.91 Å². The van der Waals surface area contributed by atoms with Gasteiger partial charge in [-0.2, -0.15) is 0 Å². The number of hydrogen-bond acceptors (Lipinski definition) is 2. The van der Waals surface area contributed by atoms with Gasteiger partial charge in [-0.15, -0.1) is 0 Å². The summed E-state index contributed by atoms with van der Waals surface area (Å²) in [5.74, 6) is -0.188. The summed E-state index contributed by atoms with van der Waals surface area (Å²) < 4.78 is 0. The number of carbonyl (C=O) groups is 2. The van der Waals surface area contributed by atoms with Gasteiger partial charge in [-0.3, -0.25) is 9.59 Å². The molecule has 23 heavy (non-hydrogen) atoms. The van der Waals surface area contributed by atoms with E-state index in [0.29, 0.717) is 30.0 Å². The smallest absolute Gasteiger partial charge is 0.251 e. The van der Waals surface area contributed by atoms with Crippen molar-refractivity contribution in [1.29, 1.82) is 0 Å². The zero-order chi connectivity index (χ0) is 16.7. The zero-order valence-electron chi connectivity index (χ0n) is 12.9. The molecule has 0 radical (unpaired) electrons. The first-order chi connectivity index (χ1) is 11.1. The van der Waals surface area contributed by atoms with Crippen molar-refractivity contribution < 1.29 is 9.59 Å². The molecule has 0 saturated heterocycles. The van der Waals surface area contributed by atoms with Crippen LogP contribution in [0, 0.1) is 0 Å². The zero-order valence-corrected chi connectivity index (χ0v) is 13.7. The van der Waals surface area contributed by atoms with Crippen molar-refractivity contribution in [1.82, 2.24) is 10.6 Å². The molecule has 0 atom stereocenters. The van der Waals surface area contributed by atoms with Gasteiger partial charge in [0.15, 0.2) is 0 Å². The molecule has 0 fully saturated rings. The predicted molar refractivity (Wildman–Crippen MR) is 91.5 cm³/mol. The van der Waals surface area contributed by atoms with Crippen LogP contribution in [0.1, 0.15) is 27.9 Å². The maximum absolute atomic E-state index is 11.9. The molecule has 4 nitrogen and oxygen atoms in total. The summed E-state index contributed by atoms with van der Waals surface area (Å²) in [6, 6.07) is 14.7. The number of halogens is 1. The molecule has 2 amide bonds. The van der Waals surface area contributed by atoms with Crippen molar-refractivity contribution in [3.05, 3.63) is 70.2 Å². The van der Waals surface area contributed by atoms with Crippen molar-refractivity contribution in [3.8, 4) is 0 Å². The van der Waals surface area contributed by atoms with Crippen LogP contribution in [0.5, 0.6) is 0 Å². The fraction of sp³-hybridized carbons (Fsp3) is 0.222. The Morgan fingerprint density at radius 2 is 1.87 bits per heavy atom. The maximum Gasteiger partial charge on any atom is 0.251 e. The number of rotatable bonds is 6. The molecule has 0 bridgehead atoms. The molecule has 2 N–H and O–H groups in total. The van der Waals surface area contributed by atoms with Crippen molar-refractivity contribution in [2.75, 3.05) is 7.05 Å². The first kappa shape index (κ1) is 17.0. The summed E-state index contributed by atoms with van der Waals surface area (Å²) in [5.41, 5.74) is 2.43. The van der Waals surface area contributed by atoms with E-state index in [9.17, 15) is 9.59 Å². The largest absolute Gasteiger partial charge is 0.355 e. The standard InChI is InChI=1S/C18H19ClN2O2/c1-20-18(23)15-7-4-5-13(11-15)12-21-17(22)10-9-14-6-2-3-8-16(14)19/h2-8,11H,9-10,12H2,1H3,(H,20,23)(H,21,22). The first-order valence-electron chi connectivity index (χ1n) is 7.41. The van der Waals surface area contributed by atoms with Crippen LogP contribution in [0.25, 0.3) is 0 Å². The van der Waals surface area contributed by atoms with Crippen LogP contribution in [-0.2, 0) is 17.8 Å². The maximum atomic E-state index is 11.9. The van der Waals surface area contributed by atoms with E-state index in [0.717, 1.165) is 11.1 Å². The fourth-order valence-corrected chi connectivity index (χ4v) is 2.44. The van der Waals surface area contributed by atoms with Crippen LogP contribution in [0.15, 0.2) is 48.5 Å². The van der Waals surface area contributed by atoms with Gasteiger partial charge in [0.05, 0.1) is 0 Å². The summed E-state index contributed by atoms with van der Waals surface area (Å²) in [6.45, 7) is 0.395. The average molecular weight is 331 g/mol. The monoisotopic (exact) mass is 330 g/mol. The molecule has 0 unspecified atom stereocenters. The van der Waals surface area contributed by atoms with Crippen LogP contribution in [0.2, 0.25) is 5.02 Å². The minimum atomic E-state index is -0.142. The van der Waals surface area contributed by atoms with Crippen LogP contribution in [0.4, 0.5) is 0 Å². The Bertz CT molecular complexity index is 701. The summed E-state index contributed by atoms with van der Waals surface area (Å²) >= 11 is 6.07. The van der Waals surface area contributed by atoms with Gasteiger partial charge in [-0.05, 0) is 35.7 Å². The van der Waals surface area contributed by atoms with Crippen molar-refractivity contribution >= 4 is 23.4 Å². The van der Waals surface area contributed by atoms with E-state index < -0.39 is 0 Å². The molecular formula is C18H19ClN2O2. The molecule has 0 heterocycles. The van der Waals surface area contributed by atoms with Crippen molar-refractivity contribution in [2.45, 2.75) is 19.4 Å². The highest BCUT2D eigenvalue weighted by Crippen LogP contribution is 2.16. The van der Waals surface area contributed by atoms with Crippen molar-refractivity contribution in [2.24, 2.45) is 0 Å². The lowest BCUT2D eigenvalue weighted by Gasteiger charge is -2.08. The fourth-order valence-electron chi connectivity index (χ4n) is 2.21. The highest BCUT2D eigenvalue weighted by Gasteiger charge is 2.07. The Hall–Kier alpha value is -2.33. The minimum absolute atomic E-state index is 0.0461. The third-order valence-corrected chi connectivity index (χ3v) is 3.85. The van der Waals surface area contributed by atoms with E-state index in [1.54, 1.807) is 25.2 Å². The molecule has 2 aromatic rings. The number of nitrogens with one attached hydrogen (secondary N) is 2.